The highest BCUT2D eigenvalue weighted by molar-refractivity contribution is 5.41. The van der Waals surface area contributed by atoms with Gasteiger partial charge < -0.3 is 10.6 Å². The molecule has 2 N–H and O–H groups in total. The molecule has 0 aromatic carbocycles. The first-order chi connectivity index (χ1) is 8.36. The van der Waals surface area contributed by atoms with Gasteiger partial charge in [0.25, 0.3) is 0 Å². The highest BCUT2D eigenvalue weighted by atomic mass is 15.3. The molecule has 1 aliphatic heterocycles. The Morgan fingerprint density at radius 3 is 2.65 bits per heavy atom. The summed E-state index contributed by atoms with van der Waals surface area (Å²) >= 11 is 0. The van der Waals surface area contributed by atoms with Crippen molar-refractivity contribution in [3.63, 3.8) is 0 Å². The lowest BCUT2D eigenvalue weighted by molar-refractivity contribution is 0.247. The zero-order valence-corrected chi connectivity index (χ0v) is 10.2. The number of anilines is 1. The van der Waals surface area contributed by atoms with Crippen molar-refractivity contribution in [3.05, 3.63) is 23.9 Å². The lowest BCUT2D eigenvalue weighted by Gasteiger charge is -2.35. The van der Waals surface area contributed by atoms with Crippen molar-refractivity contribution in [3.8, 4) is 0 Å². The fraction of sp³-hybridized carbons (Fsp3) is 0.615. The van der Waals surface area contributed by atoms with Gasteiger partial charge in [0.2, 0.25) is 0 Å². The van der Waals surface area contributed by atoms with E-state index in [1.54, 1.807) is 0 Å². The first-order valence-electron chi connectivity index (χ1n) is 6.51. The van der Waals surface area contributed by atoms with Gasteiger partial charge in [0.05, 0.1) is 0 Å². The molecule has 4 nitrogen and oxygen atoms in total. The molecule has 2 heterocycles. The molecule has 17 heavy (non-hydrogen) atoms. The number of rotatable bonds is 3. The van der Waals surface area contributed by atoms with Crippen LogP contribution in [0.2, 0.25) is 0 Å². The van der Waals surface area contributed by atoms with E-state index in [1.807, 2.05) is 12.3 Å². The molecule has 0 atom stereocenters. The first kappa shape index (κ1) is 11.0. The van der Waals surface area contributed by atoms with Crippen molar-refractivity contribution in [1.29, 1.82) is 0 Å². The van der Waals surface area contributed by atoms with Gasteiger partial charge in [-0.1, -0.05) is 0 Å². The number of pyridine rings is 1. The van der Waals surface area contributed by atoms with Crippen LogP contribution < -0.4 is 10.6 Å². The predicted molar refractivity (Wildman–Crippen MR) is 68.9 cm³/mol. The molecule has 0 amide bonds. The van der Waals surface area contributed by atoms with E-state index in [1.165, 1.54) is 31.5 Å². The molecule has 1 saturated heterocycles. The van der Waals surface area contributed by atoms with Gasteiger partial charge in [-0.15, -0.1) is 0 Å². The molecule has 0 bridgehead atoms. The molecule has 2 fully saturated rings. The molecule has 1 saturated carbocycles. The van der Waals surface area contributed by atoms with Crippen molar-refractivity contribution in [1.82, 2.24) is 9.88 Å². The van der Waals surface area contributed by atoms with E-state index in [9.17, 15) is 0 Å². The van der Waals surface area contributed by atoms with Crippen molar-refractivity contribution < 1.29 is 0 Å². The molecule has 92 valence electrons. The summed E-state index contributed by atoms with van der Waals surface area (Å²) in [6, 6.07) is 5.00. The molecule has 0 unspecified atom stereocenters. The van der Waals surface area contributed by atoms with Crippen LogP contribution in [-0.2, 0) is 6.54 Å². The van der Waals surface area contributed by atoms with Gasteiger partial charge in [-0.25, -0.2) is 4.98 Å². The molecule has 1 aliphatic carbocycles. The fourth-order valence-corrected chi connectivity index (χ4v) is 2.52. The fourth-order valence-electron chi connectivity index (χ4n) is 2.52. The molecule has 1 aromatic heterocycles. The number of hydrogen-bond acceptors (Lipinski definition) is 4. The molecule has 3 rings (SSSR count). The maximum atomic E-state index is 5.66. The highest BCUT2D eigenvalue weighted by Crippen LogP contribution is 2.28. The van der Waals surface area contributed by atoms with Gasteiger partial charge in [-0.2, -0.15) is 0 Å². The lowest BCUT2D eigenvalue weighted by atomic mass is 10.2. The summed E-state index contributed by atoms with van der Waals surface area (Å²) in [5.74, 6) is 1.09. The van der Waals surface area contributed by atoms with Crippen molar-refractivity contribution in [2.75, 3.05) is 31.1 Å². The van der Waals surface area contributed by atoms with E-state index in [-0.39, 0.29) is 0 Å². The van der Waals surface area contributed by atoms with E-state index >= 15 is 0 Å². The third-order valence-electron chi connectivity index (χ3n) is 3.75. The zero-order chi connectivity index (χ0) is 11.7. The van der Waals surface area contributed by atoms with E-state index < -0.39 is 0 Å². The molecule has 4 heteroatoms. The number of aromatic nitrogens is 1. The topological polar surface area (TPSA) is 45.4 Å². The summed E-state index contributed by atoms with van der Waals surface area (Å²) < 4.78 is 0. The quantitative estimate of drug-likeness (QED) is 0.838. The van der Waals surface area contributed by atoms with Crippen LogP contribution in [0.3, 0.4) is 0 Å². The van der Waals surface area contributed by atoms with Crippen LogP contribution in [0.5, 0.6) is 0 Å². The molecule has 2 aliphatic rings. The summed E-state index contributed by atoms with van der Waals surface area (Å²) in [7, 11) is 0. The highest BCUT2D eigenvalue weighted by Gasteiger charge is 2.31. The Labute approximate surface area is 102 Å². The second-order valence-electron chi connectivity index (χ2n) is 4.98. The van der Waals surface area contributed by atoms with Crippen LogP contribution in [-0.4, -0.2) is 42.1 Å². The standard InChI is InChI=1S/C13H20N4/c14-10-11-3-4-15-13(9-11)17-7-5-16(6-8-17)12-1-2-12/h3-4,9,12H,1-2,5-8,10,14H2. The average molecular weight is 232 g/mol. The monoisotopic (exact) mass is 232 g/mol. The summed E-state index contributed by atoms with van der Waals surface area (Å²) in [5.41, 5.74) is 6.83. The third kappa shape index (κ3) is 2.42. The van der Waals surface area contributed by atoms with E-state index in [2.05, 4.69) is 20.9 Å². The number of nitrogens with two attached hydrogens (primary N) is 1. The van der Waals surface area contributed by atoms with E-state index in [4.69, 9.17) is 5.73 Å². The minimum Gasteiger partial charge on any atom is -0.354 e. The van der Waals surface area contributed by atoms with Crippen LogP contribution in [0.4, 0.5) is 5.82 Å². The van der Waals surface area contributed by atoms with Gasteiger partial charge in [0.15, 0.2) is 0 Å². The normalized spacial score (nSPS) is 21.8. The Kier molecular flexibility index (Phi) is 2.99. The maximum absolute atomic E-state index is 5.66. The smallest absolute Gasteiger partial charge is 0.128 e. The zero-order valence-electron chi connectivity index (χ0n) is 10.2. The Morgan fingerprint density at radius 1 is 1.24 bits per heavy atom. The van der Waals surface area contributed by atoms with Crippen LogP contribution >= 0.6 is 0 Å². The SMILES string of the molecule is NCc1ccnc(N2CCN(C3CC3)CC2)c1. The molecule has 0 spiro atoms. The summed E-state index contributed by atoms with van der Waals surface area (Å²) in [4.78, 5) is 9.44. The predicted octanol–water partition coefficient (Wildman–Crippen LogP) is 0.825. The Balaban J connectivity index is 1.64. The summed E-state index contributed by atoms with van der Waals surface area (Å²) in [6.45, 7) is 5.14. The van der Waals surface area contributed by atoms with Gasteiger partial charge in [0, 0.05) is 45.0 Å². The number of piperazine rings is 1. The summed E-state index contributed by atoms with van der Waals surface area (Å²) in [6.07, 6.45) is 4.67. The van der Waals surface area contributed by atoms with Crippen molar-refractivity contribution in [2.24, 2.45) is 5.73 Å². The van der Waals surface area contributed by atoms with Gasteiger partial charge in [0.1, 0.15) is 5.82 Å². The average Bonchev–Trinajstić information content (AvgIpc) is 3.23. The second kappa shape index (κ2) is 4.63. The van der Waals surface area contributed by atoms with E-state index in [0.717, 1.165) is 24.9 Å². The maximum Gasteiger partial charge on any atom is 0.128 e. The molecular weight excluding hydrogens is 212 g/mol. The van der Waals surface area contributed by atoms with Crippen LogP contribution in [0.25, 0.3) is 0 Å². The van der Waals surface area contributed by atoms with E-state index in [0.29, 0.717) is 6.54 Å². The van der Waals surface area contributed by atoms with Crippen molar-refractivity contribution >= 4 is 5.82 Å². The largest absolute Gasteiger partial charge is 0.354 e. The van der Waals surface area contributed by atoms with Gasteiger partial charge in [-0.05, 0) is 30.5 Å². The Bertz CT molecular complexity index is 381. The minimum absolute atomic E-state index is 0.595. The van der Waals surface area contributed by atoms with Gasteiger partial charge in [-0.3, -0.25) is 4.90 Å². The first-order valence-corrected chi connectivity index (χ1v) is 6.51. The molecule has 1 aromatic rings. The van der Waals surface area contributed by atoms with Crippen LogP contribution in [0.15, 0.2) is 18.3 Å². The lowest BCUT2D eigenvalue weighted by Crippen LogP contribution is -2.47. The minimum atomic E-state index is 0.595. The van der Waals surface area contributed by atoms with Crippen LogP contribution in [0.1, 0.15) is 18.4 Å². The second-order valence-corrected chi connectivity index (χ2v) is 4.98. The van der Waals surface area contributed by atoms with Crippen LogP contribution in [0, 0.1) is 0 Å². The number of hydrogen-bond donors (Lipinski definition) is 1. The van der Waals surface area contributed by atoms with Crippen molar-refractivity contribution in [2.45, 2.75) is 25.4 Å². The summed E-state index contributed by atoms with van der Waals surface area (Å²) in [5, 5.41) is 0. The molecule has 0 radical (unpaired) electrons. The number of nitrogens with zero attached hydrogens (tertiary/aromatic N) is 3. The Morgan fingerprint density at radius 2 is 2.00 bits per heavy atom. The third-order valence-corrected chi connectivity index (χ3v) is 3.75. The molecular formula is C13H20N4. The van der Waals surface area contributed by atoms with Gasteiger partial charge >= 0.3 is 0 Å². The Hall–Kier alpha value is -1.13.